The van der Waals surface area contributed by atoms with Gasteiger partial charge in [-0.1, -0.05) is 31.2 Å². The van der Waals surface area contributed by atoms with E-state index in [2.05, 4.69) is 5.32 Å². The third-order valence-electron chi connectivity index (χ3n) is 4.72. The molecule has 0 fully saturated rings. The van der Waals surface area contributed by atoms with E-state index in [9.17, 15) is 13.5 Å². The first-order chi connectivity index (χ1) is 12.4. The number of sulfone groups is 1. The van der Waals surface area contributed by atoms with Crippen molar-refractivity contribution in [2.75, 3.05) is 6.54 Å². The van der Waals surface area contributed by atoms with Crippen molar-refractivity contribution < 1.29 is 17.9 Å². The fourth-order valence-electron chi connectivity index (χ4n) is 3.26. The third-order valence-corrected chi connectivity index (χ3v) is 6.75. The standard InChI is InChI=1S/C19H18ClNO4S.CH4.ClH/c1-11(22)12-2-4-13(5-3-12)26(23,24)14-8-15-16-10-21-7-6-18(16)25-19(15)17(20)9-14;;/h2-5,8-9,11,21-22H,6-7,10H2,1H3;1H4;1H/t11-;;/m1../s1. The molecular weight excluding hydrogens is 421 g/mol. The van der Waals surface area contributed by atoms with E-state index in [0.29, 0.717) is 17.7 Å². The molecule has 0 aliphatic carbocycles. The van der Waals surface area contributed by atoms with Gasteiger partial charge in [-0.25, -0.2) is 8.42 Å². The maximum atomic E-state index is 13.0. The molecule has 0 amide bonds. The Hall–Kier alpha value is -1.57. The first kappa shape index (κ1) is 22.7. The van der Waals surface area contributed by atoms with Gasteiger partial charge in [0.05, 0.1) is 20.9 Å². The van der Waals surface area contributed by atoms with Crippen molar-refractivity contribution in [3.05, 3.63) is 58.3 Å². The van der Waals surface area contributed by atoms with Gasteiger partial charge >= 0.3 is 0 Å². The second kappa shape index (κ2) is 8.43. The van der Waals surface area contributed by atoms with Crippen LogP contribution in [0.4, 0.5) is 0 Å². The molecule has 8 heteroatoms. The monoisotopic (exact) mass is 443 g/mol. The summed E-state index contributed by atoms with van der Waals surface area (Å²) in [6.07, 6.45) is 0.103. The van der Waals surface area contributed by atoms with Crippen LogP contribution in [0.3, 0.4) is 0 Å². The van der Waals surface area contributed by atoms with Crippen LogP contribution in [0.25, 0.3) is 11.0 Å². The highest BCUT2D eigenvalue weighted by Gasteiger charge is 2.24. The first-order valence-electron chi connectivity index (χ1n) is 8.35. The number of hydrogen-bond acceptors (Lipinski definition) is 5. The van der Waals surface area contributed by atoms with Crippen LogP contribution < -0.4 is 5.32 Å². The molecule has 1 aliphatic heterocycles. The van der Waals surface area contributed by atoms with Gasteiger partial charge in [-0.15, -0.1) is 12.4 Å². The summed E-state index contributed by atoms with van der Waals surface area (Å²) in [6.45, 7) is 3.09. The minimum Gasteiger partial charge on any atom is -0.459 e. The van der Waals surface area contributed by atoms with Crippen LogP contribution in [-0.4, -0.2) is 20.1 Å². The fraction of sp³-hybridized carbons (Fsp3) is 0.300. The summed E-state index contributed by atoms with van der Waals surface area (Å²) in [4.78, 5) is 0.293. The summed E-state index contributed by atoms with van der Waals surface area (Å²) < 4.78 is 31.9. The van der Waals surface area contributed by atoms with Crippen molar-refractivity contribution in [3.63, 3.8) is 0 Å². The molecule has 1 aromatic heterocycles. The number of halogens is 2. The number of aliphatic hydroxyl groups is 1. The Balaban J connectivity index is 0.00000140. The molecule has 2 heterocycles. The Morgan fingerprint density at radius 1 is 1.18 bits per heavy atom. The zero-order chi connectivity index (χ0) is 18.5. The molecular formula is C20H23Cl2NO4S. The lowest BCUT2D eigenvalue weighted by molar-refractivity contribution is 0.199. The molecule has 1 atom stereocenters. The number of aliphatic hydroxyl groups excluding tert-OH is 1. The van der Waals surface area contributed by atoms with Gasteiger partial charge in [0.15, 0.2) is 5.58 Å². The van der Waals surface area contributed by atoms with Crippen molar-refractivity contribution in [3.8, 4) is 0 Å². The van der Waals surface area contributed by atoms with E-state index in [0.717, 1.165) is 29.7 Å². The molecule has 28 heavy (non-hydrogen) atoms. The molecule has 5 nitrogen and oxygen atoms in total. The van der Waals surface area contributed by atoms with Gasteiger partial charge in [0.1, 0.15) is 5.76 Å². The van der Waals surface area contributed by atoms with Crippen molar-refractivity contribution >= 4 is 44.8 Å². The number of hydrogen-bond donors (Lipinski definition) is 2. The lowest BCUT2D eigenvalue weighted by Crippen LogP contribution is -2.22. The summed E-state index contributed by atoms with van der Waals surface area (Å²) >= 11 is 6.33. The van der Waals surface area contributed by atoms with E-state index in [1.165, 1.54) is 18.2 Å². The first-order valence-corrected chi connectivity index (χ1v) is 10.2. The molecule has 0 unspecified atom stereocenters. The van der Waals surface area contributed by atoms with E-state index in [-0.39, 0.29) is 34.6 Å². The largest absolute Gasteiger partial charge is 0.459 e. The molecule has 2 aromatic carbocycles. The Kier molecular flexibility index (Phi) is 6.84. The highest BCUT2D eigenvalue weighted by Crippen LogP contribution is 2.36. The van der Waals surface area contributed by atoms with Gasteiger partial charge in [0.25, 0.3) is 0 Å². The van der Waals surface area contributed by atoms with Crippen molar-refractivity contribution in [2.45, 2.75) is 43.2 Å². The van der Waals surface area contributed by atoms with Crippen molar-refractivity contribution in [1.82, 2.24) is 5.32 Å². The Labute approximate surface area is 176 Å². The van der Waals surface area contributed by atoms with Gasteiger partial charge in [-0.05, 0) is 36.8 Å². The number of fused-ring (bicyclic) bond motifs is 3. The van der Waals surface area contributed by atoms with Gasteiger partial charge in [0.2, 0.25) is 9.84 Å². The minimum atomic E-state index is -3.73. The molecule has 0 radical (unpaired) electrons. The maximum absolute atomic E-state index is 13.0. The molecule has 3 aromatic rings. The molecule has 0 spiro atoms. The van der Waals surface area contributed by atoms with Crippen LogP contribution in [0.5, 0.6) is 0 Å². The third kappa shape index (κ3) is 3.80. The molecule has 4 rings (SSSR count). The average molecular weight is 444 g/mol. The number of nitrogens with one attached hydrogen (secondary N) is 1. The zero-order valence-electron chi connectivity index (χ0n) is 14.5. The van der Waals surface area contributed by atoms with Crippen LogP contribution in [0, 0.1) is 0 Å². The predicted octanol–water partition coefficient (Wildman–Crippen LogP) is 4.68. The van der Waals surface area contributed by atoms with Gasteiger partial charge in [-0.3, -0.25) is 0 Å². The fourth-order valence-corrected chi connectivity index (χ4v) is 4.89. The van der Waals surface area contributed by atoms with Crippen molar-refractivity contribution in [2.24, 2.45) is 0 Å². The van der Waals surface area contributed by atoms with E-state index in [1.54, 1.807) is 25.1 Å². The molecule has 1 aliphatic rings. The Bertz CT molecular complexity index is 1090. The minimum absolute atomic E-state index is 0. The van der Waals surface area contributed by atoms with Crippen LogP contribution >= 0.6 is 24.0 Å². The molecule has 0 saturated carbocycles. The summed E-state index contributed by atoms with van der Waals surface area (Å²) in [5, 5.41) is 13.9. The number of benzene rings is 2. The zero-order valence-corrected chi connectivity index (χ0v) is 16.9. The second-order valence-corrected chi connectivity index (χ2v) is 8.82. The molecule has 2 N–H and O–H groups in total. The van der Waals surface area contributed by atoms with Gasteiger partial charge in [-0.2, -0.15) is 0 Å². The van der Waals surface area contributed by atoms with Gasteiger partial charge in [0, 0.05) is 30.5 Å². The second-order valence-electron chi connectivity index (χ2n) is 6.46. The Morgan fingerprint density at radius 2 is 1.86 bits per heavy atom. The summed E-state index contributed by atoms with van der Waals surface area (Å²) in [5.74, 6) is 0.858. The normalized spacial score (nSPS) is 14.7. The Morgan fingerprint density at radius 3 is 2.50 bits per heavy atom. The molecule has 0 bridgehead atoms. The van der Waals surface area contributed by atoms with Crippen molar-refractivity contribution in [1.29, 1.82) is 0 Å². The predicted molar refractivity (Wildman–Crippen MR) is 113 cm³/mol. The topological polar surface area (TPSA) is 79.5 Å². The van der Waals surface area contributed by atoms with Crippen LogP contribution in [0.2, 0.25) is 5.02 Å². The van der Waals surface area contributed by atoms with Crippen LogP contribution in [0.1, 0.15) is 37.3 Å². The number of rotatable bonds is 3. The van der Waals surface area contributed by atoms with Gasteiger partial charge < -0.3 is 14.8 Å². The molecule has 152 valence electrons. The van der Waals surface area contributed by atoms with E-state index in [1.807, 2.05) is 0 Å². The maximum Gasteiger partial charge on any atom is 0.206 e. The van der Waals surface area contributed by atoms with Crippen LogP contribution in [0.15, 0.2) is 50.6 Å². The highest BCUT2D eigenvalue weighted by atomic mass is 35.5. The smallest absolute Gasteiger partial charge is 0.206 e. The lowest BCUT2D eigenvalue weighted by atomic mass is 10.1. The number of furan rings is 1. The summed E-state index contributed by atoms with van der Waals surface area (Å²) in [6, 6.07) is 9.30. The molecule has 0 saturated heterocycles. The SMILES string of the molecule is C.C[C@@H](O)c1ccc(S(=O)(=O)c2cc(Cl)c3oc4c(c3c2)CNCC4)cc1.Cl. The summed E-state index contributed by atoms with van der Waals surface area (Å²) in [7, 11) is -3.73. The van der Waals surface area contributed by atoms with Crippen LogP contribution in [-0.2, 0) is 22.8 Å². The van der Waals surface area contributed by atoms with E-state index in [4.69, 9.17) is 16.0 Å². The summed E-state index contributed by atoms with van der Waals surface area (Å²) in [5.41, 5.74) is 2.16. The highest BCUT2D eigenvalue weighted by molar-refractivity contribution is 7.91. The lowest BCUT2D eigenvalue weighted by Gasteiger charge is -2.11. The average Bonchev–Trinajstić information content (AvgIpc) is 3.01. The quantitative estimate of drug-likeness (QED) is 0.614. The van der Waals surface area contributed by atoms with E-state index >= 15 is 0 Å². The van der Waals surface area contributed by atoms with E-state index < -0.39 is 15.9 Å².